The fourth-order valence-electron chi connectivity index (χ4n) is 3.76. The van der Waals surface area contributed by atoms with Gasteiger partial charge in [0.05, 0.1) is 11.6 Å². The summed E-state index contributed by atoms with van der Waals surface area (Å²) in [6.45, 7) is 1.27. The number of aliphatic hydroxyl groups is 1. The number of carbonyl (C=O) groups excluding carboxylic acids is 2. The largest absolute Gasteiger partial charge is 0.507 e. The highest BCUT2D eigenvalue weighted by Gasteiger charge is 2.45. The molecule has 156 valence electrons. The number of aliphatic hydroxyl groups excluding tert-OH is 1. The highest BCUT2D eigenvalue weighted by atomic mass is 16.7. The Labute approximate surface area is 174 Å². The van der Waals surface area contributed by atoms with E-state index in [2.05, 4.69) is 4.98 Å². The summed E-state index contributed by atoms with van der Waals surface area (Å²) in [6.07, 6.45) is 3.91. The summed E-state index contributed by atoms with van der Waals surface area (Å²) in [6, 6.07) is 7.75. The molecule has 4 rings (SSSR count). The van der Waals surface area contributed by atoms with Gasteiger partial charge in [-0.3, -0.25) is 14.6 Å². The van der Waals surface area contributed by atoms with Crippen LogP contribution < -0.4 is 9.47 Å². The van der Waals surface area contributed by atoms with Crippen LogP contribution in [0.1, 0.15) is 23.6 Å². The molecule has 8 nitrogen and oxygen atoms in total. The molecule has 1 unspecified atom stereocenters. The van der Waals surface area contributed by atoms with Crippen LogP contribution in [-0.2, 0) is 9.59 Å². The van der Waals surface area contributed by atoms with Gasteiger partial charge in [-0.05, 0) is 63.0 Å². The standard InChI is InChI=1S/C22H23N3O5/c1-24(2)10-3-11-25-19(14-6-8-23-9-7-14)18(21(27)22(25)28)20(26)15-4-5-16-17(12-15)30-13-29-16/h4-9,12,19,26H,3,10-11,13H2,1-2H3. The molecule has 2 aliphatic heterocycles. The second-order valence-corrected chi connectivity index (χ2v) is 7.50. The molecule has 0 saturated carbocycles. The molecular weight excluding hydrogens is 386 g/mol. The van der Waals surface area contributed by atoms with Crippen LogP contribution in [0.5, 0.6) is 11.5 Å². The van der Waals surface area contributed by atoms with Crippen molar-refractivity contribution in [3.8, 4) is 11.5 Å². The van der Waals surface area contributed by atoms with Gasteiger partial charge in [-0.25, -0.2) is 0 Å². The first-order valence-corrected chi connectivity index (χ1v) is 9.70. The maximum atomic E-state index is 13.0. The van der Waals surface area contributed by atoms with Crippen molar-refractivity contribution in [1.29, 1.82) is 0 Å². The van der Waals surface area contributed by atoms with E-state index in [1.807, 2.05) is 19.0 Å². The number of Topliss-reactive ketones (excluding diaryl/α,β-unsaturated/α-hetero) is 1. The van der Waals surface area contributed by atoms with E-state index in [1.165, 1.54) is 4.90 Å². The molecule has 1 fully saturated rings. The van der Waals surface area contributed by atoms with Gasteiger partial charge >= 0.3 is 0 Å². The van der Waals surface area contributed by atoms with E-state index in [-0.39, 0.29) is 18.1 Å². The molecule has 2 aromatic rings. The first kappa shape index (κ1) is 19.9. The Morgan fingerprint density at radius 3 is 2.63 bits per heavy atom. The molecule has 8 heteroatoms. The Balaban J connectivity index is 1.77. The normalized spacial score (nSPS) is 19.7. The lowest BCUT2D eigenvalue weighted by Gasteiger charge is -2.25. The van der Waals surface area contributed by atoms with Crippen LogP contribution in [0.2, 0.25) is 0 Å². The summed E-state index contributed by atoms with van der Waals surface area (Å²) in [7, 11) is 3.90. The summed E-state index contributed by atoms with van der Waals surface area (Å²) in [5.41, 5.74) is 1.18. The molecule has 1 N–H and O–H groups in total. The number of ketones is 1. The zero-order valence-electron chi connectivity index (χ0n) is 16.9. The number of fused-ring (bicyclic) bond motifs is 1. The molecule has 1 amide bonds. The Bertz CT molecular complexity index is 1000. The van der Waals surface area contributed by atoms with E-state index >= 15 is 0 Å². The van der Waals surface area contributed by atoms with Gasteiger partial charge in [-0.2, -0.15) is 0 Å². The number of likely N-dealkylation sites (tertiary alicyclic amines) is 1. The van der Waals surface area contributed by atoms with Gasteiger partial charge in [0.15, 0.2) is 11.5 Å². The smallest absolute Gasteiger partial charge is 0.295 e. The highest BCUT2D eigenvalue weighted by molar-refractivity contribution is 6.46. The summed E-state index contributed by atoms with van der Waals surface area (Å²) in [5.74, 6) is -0.487. The summed E-state index contributed by atoms with van der Waals surface area (Å²) in [5, 5.41) is 11.1. The number of carbonyl (C=O) groups is 2. The molecule has 1 atom stereocenters. The van der Waals surface area contributed by atoms with Crippen molar-refractivity contribution in [2.24, 2.45) is 0 Å². The summed E-state index contributed by atoms with van der Waals surface area (Å²) < 4.78 is 10.7. The van der Waals surface area contributed by atoms with E-state index < -0.39 is 17.7 Å². The third-order valence-corrected chi connectivity index (χ3v) is 5.21. The van der Waals surface area contributed by atoms with Gasteiger partial charge < -0.3 is 24.4 Å². The second kappa shape index (κ2) is 8.16. The topological polar surface area (TPSA) is 92.2 Å². The van der Waals surface area contributed by atoms with Crippen molar-refractivity contribution in [3.05, 3.63) is 59.4 Å². The van der Waals surface area contributed by atoms with Crippen molar-refractivity contribution in [3.63, 3.8) is 0 Å². The van der Waals surface area contributed by atoms with E-state index in [4.69, 9.17) is 9.47 Å². The van der Waals surface area contributed by atoms with Gasteiger partial charge in [0.1, 0.15) is 5.76 Å². The van der Waals surface area contributed by atoms with Crippen LogP contribution in [0.3, 0.4) is 0 Å². The van der Waals surface area contributed by atoms with E-state index in [9.17, 15) is 14.7 Å². The molecule has 1 aromatic carbocycles. The molecule has 2 aliphatic rings. The minimum absolute atomic E-state index is 0.0647. The maximum Gasteiger partial charge on any atom is 0.295 e. The quantitative estimate of drug-likeness (QED) is 0.444. The van der Waals surface area contributed by atoms with Gasteiger partial charge in [0, 0.05) is 24.5 Å². The fraction of sp³-hybridized carbons (Fsp3) is 0.318. The molecule has 3 heterocycles. The third kappa shape index (κ3) is 3.61. The van der Waals surface area contributed by atoms with Gasteiger partial charge in [0.2, 0.25) is 6.79 Å². The van der Waals surface area contributed by atoms with Crippen molar-refractivity contribution in [2.45, 2.75) is 12.5 Å². The van der Waals surface area contributed by atoms with E-state index in [0.717, 1.165) is 12.1 Å². The van der Waals surface area contributed by atoms with Crippen molar-refractivity contribution < 1.29 is 24.2 Å². The zero-order chi connectivity index (χ0) is 21.3. The average Bonchev–Trinajstić information content (AvgIpc) is 3.31. The SMILES string of the molecule is CN(C)CCCN1C(=O)C(=O)C(=C(O)c2ccc3c(c2)OCO3)C1c1ccncc1. The fourth-order valence-corrected chi connectivity index (χ4v) is 3.76. The lowest BCUT2D eigenvalue weighted by atomic mass is 9.96. The number of pyridine rings is 1. The molecule has 0 aliphatic carbocycles. The predicted octanol–water partition coefficient (Wildman–Crippen LogP) is 2.18. The van der Waals surface area contributed by atoms with Crippen molar-refractivity contribution >= 4 is 17.4 Å². The van der Waals surface area contributed by atoms with Gasteiger partial charge in [-0.1, -0.05) is 0 Å². The van der Waals surface area contributed by atoms with Gasteiger partial charge in [0.25, 0.3) is 11.7 Å². The lowest BCUT2D eigenvalue weighted by molar-refractivity contribution is -0.139. The minimum atomic E-state index is -0.697. The first-order chi connectivity index (χ1) is 14.5. The van der Waals surface area contributed by atoms with Crippen molar-refractivity contribution in [1.82, 2.24) is 14.8 Å². The first-order valence-electron chi connectivity index (χ1n) is 9.70. The van der Waals surface area contributed by atoms with Crippen LogP contribution in [0, 0.1) is 0 Å². The number of aromatic nitrogens is 1. The second-order valence-electron chi connectivity index (χ2n) is 7.50. The zero-order valence-corrected chi connectivity index (χ0v) is 16.9. The van der Waals surface area contributed by atoms with Crippen LogP contribution in [0.15, 0.2) is 48.3 Å². The number of amides is 1. The number of rotatable bonds is 6. The summed E-state index contributed by atoms with van der Waals surface area (Å²) >= 11 is 0. The Kier molecular flexibility index (Phi) is 5.41. The third-order valence-electron chi connectivity index (χ3n) is 5.21. The lowest BCUT2D eigenvalue weighted by Crippen LogP contribution is -2.32. The Morgan fingerprint density at radius 1 is 1.17 bits per heavy atom. The van der Waals surface area contributed by atoms with Gasteiger partial charge in [-0.15, -0.1) is 0 Å². The van der Waals surface area contributed by atoms with E-state index in [1.54, 1.807) is 42.7 Å². The average molecular weight is 409 g/mol. The Morgan fingerprint density at radius 2 is 1.90 bits per heavy atom. The summed E-state index contributed by atoms with van der Waals surface area (Å²) in [4.78, 5) is 33.4. The van der Waals surface area contributed by atoms with Crippen LogP contribution in [0.25, 0.3) is 5.76 Å². The molecule has 1 aromatic heterocycles. The highest BCUT2D eigenvalue weighted by Crippen LogP contribution is 2.41. The van der Waals surface area contributed by atoms with Crippen LogP contribution in [-0.4, -0.2) is 65.6 Å². The minimum Gasteiger partial charge on any atom is -0.507 e. The monoisotopic (exact) mass is 409 g/mol. The Hall–Kier alpha value is -3.39. The molecule has 30 heavy (non-hydrogen) atoms. The number of ether oxygens (including phenoxy) is 2. The molecular formula is C22H23N3O5. The number of nitrogens with zero attached hydrogens (tertiary/aromatic N) is 3. The molecule has 0 bridgehead atoms. The van der Waals surface area contributed by atoms with E-state index in [0.29, 0.717) is 30.0 Å². The number of hydrogen-bond donors (Lipinski definition) is 1. The maximum absolute atomic E-state index is 13.0. The molecule has 0 spiro atoms. The predicted molar refractivity (Wildman–Crippen MR) is 109 cm³/mol. The van der Waals surface area contributed by atoms with Crippen molar-refractivity contribution in [2.75, 3.05) is 34.0 Å². The number of benzene rings is 1. The van der Waals surface area contributed by atoms with Crippen LogP contribution >= 0.6 is 0 Å². The molecule has 0 radical (unpaired) electrons. The number of hydrogen-bond acceptors (Lipinski definition) is 7. The molecule has 1 saturated heterocycles. The van der Waals surface area contributed by atoms with Crippen LogP contribution in [0.4, 0.5) is 0 Å².